The lowest BCUT2D eigenvalue weighted by molar-refractivity contribution is 0.181. The largest absolute Gasteiger partial charge is 0.378 e. The highest BCUT2D eigenvalue weighted by Gasteiger charge is 2.26. The summed E-state index contributed by atoms with van der Waals surface area (Å²) in [5.41, 5.74) is 3.44. The molecular formula is C21H30N4O. The van der Waals surface area contributed by atoms with E-state index in [1.165, 1.54) is 11.3 Å². The summed E-state index contributed by atoms with van der Waals surface area (Å²) in [6.07, 6.45) is 0. The lowest BCUT2D eigenvalue weighted by atomic mass is 9.95. The number of anilines is 2. The number of rotatable bonds is 3. The minimum atomic E-state index is -0.109. The molecule has 26 heavy (non-hydrogen) atoms. The van der Waals surface area contributed by atoms with Gasteiger partial charge in [0.25, 0.3) is 0 Å². The fourth-order valence-corrected chi connectivity index (χ4v) is 3.44. The van der Waals surface area contributed by atoms with E-state index in [-0.39, 0.29) is 5.41 Å². The van der Waals surface area contributed by atoms with Crippen LogP contribution in [-0.2, 0) is 23.3 Å². The van der Waals surface area contributed by atoms with Crippen LogP contribution in [0.3, 0.4) is 0 Å². The third-order valence-electron chi connectivity index (χ3n) is 4.84. The fraction of sp³-hybridized carbons (Fsp3) is 0.524. The summed E-state index contributed by atoms with van der Waals surface area (Å²) < 4.78 is 5.35. The second-order valence-electron chi connectivity index (χ2n) is 8.21. The number of benzene rings is 1. The molecule has 0 saturated carbocycles. The highest BCUT2D eigenvalue weighted by atomic mass is 16.5. The van der Waals surface area contributed by atoms with Crippen molar-refractivity contribution in [2.75, 3.05) is 30.5 Å². The third kappa shape index (κ3) is 3.83. The van der Waals surface area contributed by atoms with Crippen LogP contribution in [0.1, 0.15) is 44.8 Å². The number of hydrogen-bond donors (Lipinski definition) is 0. The minimum absolute atomic E-state index is 0.109. The van der Waals surface area contributed by atoms with Gasteiger partial charge >= 0.3 is 0 Å². The van der Waals surface area contributed by atoms with Crippen molar-refractivity contribution in [3.8, 4) is 0 Å². The second kappa shape index (κ2) is 7.23. The van der Waals surface area contributed by atoms with E-state index in [0.717, 1.165) is 30.4 Å². The van der Waals surface area contributed by atoms with Crippen molar-refractivity contribution in [2.45, 2.75) is 52.3 Å². The van der Waals surface area contributed by atoms with Crippen molar-refractivity contribution in [3.63, 3.8) is 0 Å². The molecule has 1 aromatic carbocycles. The van der Waals surface area contributed by atoms with Gasteiger partial charge in [-0.2, -0.15) is 0 Å². The van der Waals surface area contributed by atoms with E-state index < -0.39 is 0 Å². The maximum atomic E-state index is 5.35. The Morgan fingerprint density at radius 2 is 1.92 bits per heavy atom. The molecule has 1 aromatic heterocycles. The molecule has 0 spiro atoms. The summed E-state index contributed by atoms with van der Waals surface area (Å²) in [6.45, 7) is 11.0. The molecule has 0 aliphatic carbocycles. The first-order chi connectivity index (χ1) is 12.3. The first-order valence-corrected chi connectivity index (χ1v) is 9.22. The smallest absolute Gasteiger partial charge is 0.136 e. The van der Waals surface area contributed by atoms with E-state index in [1.807, 2.05) is 0 Å². The standard InChI is InChI=1S/C21H30N4O/c1-15-12-24(5)18-10-8-7-9-16(18)13-25(15)19-11-17(14-26-6)22-20(23-19)21(2,3)4/h7-11,15H,12-14H2,1-6H3. The molecule has 5 nitrogen and oxygen atoms in total. The summed E-state index contributed by atoms with van der Waals surface area (Å²) in [6, 6.07) is 11.0. The van der Waals surface area contributed by atoms with Crippen LogP contribution in [0.2, 0.25) is 0 Å². The van der Waals surface area contributed by atoms with Crippen LogP contribution in [0.15, 0.2) is 30.3 Å². The van der Waals surface area contributed by atoms with Gasteiger partial charge < -0.3 is 14.5 Å². The predicted molar refractivity (Wildman–Crippen MR) is 107 cm³/mol. The van der Waals surface area contributed by atoms with Crippen molar-refractivity contribution in [3.05, 3.63) is 47.4 Å². The first kappa shape index (κ1) is 18.6. The molecule has 0 N–H and O–H groups in total. The first-order valence-electron chi connectivity index (χ1n) is 9.22. The van der Waals surface area contributed by atoms with Crippen LogP contribution in [0.25, 0.3) is 0 Å². The molecule has 2 aromatic rings. The normalized spacial score (nSPS) is 17.8. The quantitative estimate of drug-likeness (QED) is 0.839. The fourth-order valence-electron chi connectivity index (χ4n) is 3.44. The lowest BCUT2D eigenvalue weighted by Gasteiger charge is -2.31. The minimum Gasteiger partial charge on any atom is -0.378 e. The number of fused-ring (bicyclic) bond motifs is 1. The summed E-state index contributed by atoms with van der Waals surface area (Å²) in [5, 5.41) is 0. The van der Waals surface area contributed by atoms with Gasteiger partial charge in [-0.1, -0.05) is 39.0 Å². The van der Waals surface area contributed by atoms with Gasteiger partial charge in [-0.05, 0) is 18.6 Å². The number of aromatic nitrogens is 2. The SMILES string of the molecule is COCc1cc(N2Cc3ccccc3N(C)CC2C)nc(C(C)(C)C)n1. The molecule has 1 unspecified atom stereocenters. The molecular weight excluding hydrogens is 324 g/mol. The molecule has 0 saturated heterocycles. The van der Waals surface area contributed by atoms with E-state index in [4.69, 9.17) is 14.7 Å². The molecule has 1 aliphatic heterocycles. The number of nitrogens with zero attached hydrogens (tertiary/aromatic N) is 4. The Kier molecular flexibility index (Phi) is 5.19. The van der Waals surface area contributed by atoms with E-state index in [1.54, 1.807) is 7.11 Å². The third-order valence-corrected chi connectivity index (χ3v) is 4.84. The lowest BCUT2D eigenvalue weighted by Crippen LogP contribution is -2.39. The zero-order chi connectivity index (χ0) is 18.9. The summed E-state index contributed by atoms with van der Waals surface area (Å²) in [5.74, 6) is 1.84. The predicted octanol–water partition coefficient (Wildman–Crippen LogP) is 3.77. The van der Waals surface area contributed by atoms with Gasteiger partial charge in [-0.3, -0.25) is 0 Å². The maximum absolute atomic E-state index is 5.35. The van der Waals surface area contributed by atoms with Gasteiger partial charge in [0.15, 0.2) is 0 Å². The molecule has 0 radical (unpaired) electrons. The van der Waals surface area contributed by atoms with Gasteiger partial charge in [0.1, 0.15) is 11.6 Å². The highest BCUT2D eigenvalue weighted by molar-refractivity contribution is 5.57. The molecule has 1 aliphatic rings. The van der Waals surface area contributed by atoms with E-state index in [2.05, 4.69) is 74.9 Å². The van der Waals surface area contributed by atoms with E-state index in [9.17, 15) is 0 Å². The summed E-state index contributed by atoms with van der Waals surface area (Å²) in [7, 11) is 3.87. The number of methoxy groups -OCH3 is 1. The number of ether oxygens (including phenoxy) is 1. The van der Waals surface area contributed by atoms with Gasteiger partial charge in [0.05, 0.1) is 12.3 Å². The Hall–Kier alpha value is -2.14. The maximum Gasteiger partial charge on any atom is 0.136 e. The zero-order valence-electron chi connectivity index (χ0n) is 16.8. The molecule has 3 rings (SSSR count). The molecule has 0 amide bonds. The number of hydrogen-bond acceptors (Lipinski definition) is 5. The van der Waals surface area contributed by atoms with Gasteiger partial charge in [-0.25, -0.2) is 9.97 Å². The topological polar surface area (TPSA) is 41.5 Å². The highest BCUT2D eigenvalue weighted by Crippen LogP contribution is 2.30. The van der Waals surface area contributed by atoms with Crippen LogP contribution in [0.4, 0.5) is 11.5 Å². The average molecular weight is 354 g/mol. The van der Waals surface area contributed by atoms with Crippen molar-refractivity contribution in [1.82, 2.24) is 9.97 Å². The Morgan fingerprint density at radius 1 is 1.19 bits per heavy atom. The van der Waals surface area contributed by atoms with Crippen LogP contribution < -0.4 is 9.80 Å². The summed E-state index contributed by atoms with van der Waals surface area (Å²) in [4.78, 5) is 14.4. The Bertz CT molecular complexity index is 769. The van der Waals surface area contributed by atoms with Crippen LogP contribution in [0.5, 0.6) is 0 Å². The molecule has 1 atom stereocenters. The van der Waals surface area contributed by atoms with Crippen molar-refractivity contribution in [1.29, 1.82) is 0 Å². The van der Waals surface area contributed by atoms with Crippen molar-refractivity contribution < 1.29 is 4.74 Å². The second-order valence-corrected chi connectivity index (χ2v) is 8.21. The zero-order valence-corrected chi connectivity index (χ0v) is 16.8. The molecule has 5 heteroatoms. The molecule has 140 valence electrons. The van der Waals surface area contributed by atoms with Crippen LogP contribution in [0, 0.1) is 0 Å². The van der Waals surface area contributed by atoms with Crippen molar-refractivity contribution >= 4 is 11.5 Å². The van der Waals surface area contributed by atoms with Crippen LogP contribution in [-0.4, -0.2) is 36.7 Å². The molecule has 0 bridgehead atoms. The molecule has 0 fully saturated rings. The Labute approximate surface area is 157 Å². The van der Waals surface area contributed by atoms with Gasteiger partial charge in [0, 0.05) is 50.5 Å². The van der Waals surface area contributed by atoms with E-state index in [0.29, 0.717) is 12.6 Å². The Balaban J connectivity index is 2.05. The summed E-state index contributed by atoms with van der Waals surface area (Å²) >= 11 is 0. The van der Waals surface area contributed by atoms with Crippen molar-refractivity contribution in [2.24, 2.45) is 0 Å². The molecule has 2 heterocycles. The average Bonchev–Trinajstić information content (AvgIpc) is 2.71. The van der Waals surface area contributed by atoms with Crippen LogP contribution >= 0.6 is 0 Å². The Morgan fingerprint density at radius 3 is 2.62 bits per heavy atom. The van der Waals surface area contributed by atoms with E-state index >= 15 is 0 Å². The number of para-hydroxylation sites is 1. The van der Waals surface area contributed by atoms with Gasteiger partial charge in [-0.15, -0.1) is 0 Å². The van der Waals surface area contributed by atoms with Gasteiger partial charge in [0.2, 0.25) is 0 Å². The monoisotopic (exact) mass is 354 g/mol. The number of likely N-dealkylation sites (N-methyl/N-ethyl adjacent to an activating group) is 1.